The van der Waals surface area contributed by atoms with E-state index in [4.69, 9.17) is 4.74 Å². The number of amides is 1. The summed E-state index contributed by atoms with van der Waals surface area (Å²) in [6.45, 7) is 1.96. The third-order valence-electron chi connectivity index (χ3n) is 3.99. The molecule has 1 amide bonds. The summed E-state index contributed by atoms with van der Waals surface area (Å²) in [6, 6.07) is 11.1. The number of carbonyl (C=O) groups excluding carboxylic acids is 1. The summed E-state index contributed by atoms with van der Waals surface area (Å²) in [7, 11) is 3.39. The van der Waals surface area contributed by atoms with Gasteiger partial charge in [-0.05, 0) is 25.1 Å². The zero-order chi connectivity index (χ0) is 16.4. The molecule has 6 heteroatoms. The Morgan fingerprint density at radius 2 is 2.04 bits per heavy atom. The van der Waals surface area contributed by atoms with Crippen LogP contribution in [-0.2, 0) is 0 Å². The molecule has 0 bridgehead atoms. The summed E-state index contributed by atoms with van der Waals surface area (Å²) in [4.78, 5) is 25.7. The predicted molar refractivity (Wildman–Crippen MR) is 87.4 cm³/mol. The minimum absolute atomic E-state index is 0.143. The highest BCUT2D eigenvalue weighted by Crippen LogP contribution is 2.28. The Hall–Kier alpha value is -2.89. The number of imidazole rings is 1. The summed E-state index contributed by atoms with van der Waals surface area (Å²) in [5, 5.41) is 0. The van der Waals surface area contributed by atoms with Crippen molar-refractivity contribution in [2.75, 3.05) is 14.2 Å². The lowest BCUT2D eigenvalue weighted by molar-refractivity contribution is 0.0735. The second kappa shape index (κ2) is 6.08. The van der Waals surface area contributed by atoms with Gasteiger partial charge < -0.3 is 14.6 Å². The molecule has 0 saturated heterocycles. The van der Waals surface area contributed by atoms with Crippen molar-refractivity contribution in [2.45, 2.75) is 13.0 Å². The maximum absolute atomic E-state index is 12.7. The fourth-order valence-corrected chi connectivity index (χ4v) is 2.52. The van der Waals surface area contributed by atoms with Crippen molar-refractivity contribution >= 4 is 17.1 Å². The number of rotatable bonds is 4. The molecule has 3 aromatic rings. The van der Waals surface area contributed by atoms with Gasteiger partial charge in [-0.2, -0.15) is 0 Å². The Labute approximate surface area is 134 Å². The quantitative estimate of drug-likeness (QED) is 0.804. The lowest BCUT2D eigenvalue weighted by atomic mass is 10.1. The first kappa shape index (κ1) is 15.0. The molecule has 1 N–H and O–H groups in total. The number of H-pyrrole nitrogens is 1. The van der Waals surface area contributed by atoms with Crippen LogP contribution in [0.1, 0.15) is 29.0 Å². The number of hydrogen-bond donors (Lipinski definition) is 1. The number of benzene rings is 1. The van der Waals surface area contributed by atoms with Crippen LogP contribution in [0.15, 0.2) is 42.7 Å². The number of aromatic amines is 1. The molecule has 0 fully saturated rings. The van der Waals surface area contributed by atoms with E-state index in [0.29, 0.717) is 11.3 Å². The number of aromatic nitrogens is 3. The van der Waals surface area contributed by atoms with Gasteiger partial charge in [0.05, 0.1) is 25.0 Å². The molecule has 1 aromatic carbocycles. The number of fused-ring (bicyclic) bond motifs is 1. The van der Waals surface area contributed by atoms with Crippen LogP contribution in [0.25, 0.3) is 11.2 Å². The average molecular weight is 310 g/mol. The van der Waals surface area contributed by atoms with Gasteiger partial charge in [0, 0.05) is 12.6 Å². The maximum atomic E-state index is 12.7. The topological polar surface area (TPSA) is 71.1 Å². The molecular weight excluding hydrogens is 292 g/mol. The number of methoxy groups -OCH3 is 1. The highest BCUT2D eigenvalue weighted by atomic mass is 16.5. The predicted octanol–water partition coefficient (Wildman–Crippen LogP) is 2.80. The van der Waals surface area contributed by atoms with Crippen molar-refractivity contribution in [2.24, 2.45) is 0 Å². The molecule has 0 aliphatic rings. The Bertz CT molecular complexity index is 843. The van der Waals surface area contributed by atoms with Crippen molar-refractivity contribution in [1.29, 1.82) is 0 Å². The molecule has 2 heterocycles. The first-order valence-electron chi connectivity index (χ1n) is 7.32. The summed E-state index contributed by atoms with van der Waals surface area (Å²) in [6.07, 6.45) is 1.56. The van der Waals surface area contributed by atoms with Gasteiger partial charge in [-0.15, -0.1) is 0 Å². The second-order valence-corrected chi connectivity index (χ2v) is 5.30. The van der Waals surface area contributed by atoms with Gasteiger partial charge in [0.25, 0.3) is 5.91 Å². The van der Waals surface area contributed by atoms with E-state index in [2.05, 4.69) is 15.0 Å². The number of ether oxygens (including phenoxy) is 1. The number of carbonyl (C=O) groups is 1. The Balaban J connectivity index is 1.88. The molecule has 3 rings (SSSR count). The molecule has 23 heavy (non-hydrogen) atoms. The molecule has 0 unspecified atom stereocenters. The standard InChI is InChI=1S/C17H18N4O2/c1-11(12-6-4-5-7-15(12)23-3)21(2)17(22)14-9-8-13-16(20-14)19-10-18-13/h4-11H,1-3H3,(H,18,19,20)/t11-/m1/s1. The lowest BCUT2D eigenvalue weighted by Gasteiger charge is -2.26. The van der Waals surface area contributed by atoms with Crippen LogP contribution in [0.3, 0.4) is 0 Å². The van der Waals surface area contributed by atoms with E-state index >= 15 is 0 Å². The third-order valence-corrected chi connectivity index (χ3v) is 3.99. The fourth-order valence-electron chi connectivity index (χ4n) is 2.52. The van der Waals surface area contributed by atoms with Gasteiger partial charge in [-0.1, -0.05) is 18.2 Å². The summed E-state index contributed by atoms with van der Waals surface area (Å²) >= 11 is 0. The van der Waals surface area contributed by atoms with Gasteiger partial charge in [0.15, 0.2) is 5.65 Å². The zero-order valence-electron chi connectivity index (χ0n) is 13.3. The number of pyridine rings is 1. The number of nitrogens with one attached hydrogen (secondary N) is 1. The molecule has 2 aromatic heterocycles. The largest absolute Gasteiger partial charge is 0.496 e. The molecule has 118 valence electrons. The average Bonchev–Trinajstić information content (AvgIpc) is 3.07. The van der Waals surface area contributed by atoms with Gasteiger partial charge in [0.1, 0.15) is 11.4 Å². The van der Waals surface area contributed by atoms with Crippen LogP contribution in [0.2, 0.25) is 0 Å². The Kier molecular flexibility index (Phi) is 3.97. The van der Waals surface area contributed by atoms with Crippen LogP contribution in [-0.4, -0.2) is 39.9 Å². The van der Waals surface area contributed by atoms with Crippen LogP contribution in [0.5, 0.6) is 5.75 Å². The van der Waals surface area contributed by atoms with Gasteiger partial charge in [0.2, 0.25) is 0 Å². The number of hydrogen-bond acceptors (Lipinski definition) is 4. The van der Waals surface area contributed by atoms with Crippen molar-refractivity contribution < 1.29 is 9.53 Å². The van der Waals surface area contributed by atoms with Crippen LogP contribution in [0, 0.1) is 0 Å². The second-order valence-electron chi connectivity index (χ2n) is 5.30. The highest BCUT2D eigenvalue weighted by molar-refractivity contribution is 5.94. The van der Waals surface area contributed by atoms with Gasteiger partial charge in [-0.25, -0.2) is 9.97 Å². The van der Waals surface area contributed by atoms with Crippen LogP contribution < -0.4 is 4.74 Å². The molecule has 0 saturated carbocycles. The fraction of sp³-hybridized carbons (Fsp3) is 0.235. The zero-order valence-corrected chi connectivity index (χ0v) is 13.3. The number of para-hydroxylation sites is 1. The Morgan fingerprint density at radius 3 is 2.83 bits per heavy atom. The molecule has 1 atom stereocenters. The molecule has 0 aliphatic heterocycles. The lowest BCUT2D eigenvalue weighted by Crippen LogP contribution is -2.30. The first-order valence-corrected chi connectivity index (χ1v) is 7.32. The van der Waals surface area contributed by atoms with Crippen LogP contribution >= 0.6 is 0 Å². The molecule has 0 radical (unpaired) electrons. The van der Waals surface area contributed by atoms with E-state index in [-0.39, 0.29) is 11.9 Å². The van der Waals surface area contributed by atoms with Crippen molar-refractivity contribution in [3.63, 3.8) is 0 Å². The van der Waals surface area contributed by atoms with Crippen molar-refractivity contribution in [3.05, 3.63) is 54.0 Å². The smallest absolute Gasteiger partial charge is 0.272 e. The van der Waals surface area contributed by atoms with E-state index in [1.54, 1.807) is 31.5 Å². The van der Waals surface area contributed by atoms with E-state index in [9.17, 15) is 4.79 Å². The van der Waals surface area contributed by atoms with Gasteiger partial charge in [-0.3, -0.25) is 4.79 Å². The first-order chi connectivity index (χ1) is 11.1. The summed E-state index contributed by atoms with van der Waals surface area (Å²) in [5.41, 5.74) is 2.66. The van der Waals surface area contributed by atoms with Crippen molar-refractivity contribution in [1.82, 2.24) is 19.9 Å². The monoisotopic (exact) mass is 310 g/mol. The Morgan fingerprint density at radius 1 is 1.26 bits per heavy atom. The van der Waals surface area contributed by atoms with E-state index < -0.39 is 0 Å². The van der Waals surface area contributed by atoms with Crippen molar-refractivity contribution in [3.8, 4) is 5.75 Å². The molecule has 0 aliphatic carbocycles. The van der Waals surface area contributed by atoms with E-state index in [1.807, 2.05) is 37.3 Å². The normalized spacial score (nSPS) is 12.1. The minimum Gasteiger partial charge on any atom is -0.496 e. The molecular formula is C17H18N4O2. The summed E-state index contributed by atoms with van der Waals surface area (Å²) < 4.78 is 5.38. The van der Waals surface area contributed by atoms with Gasteiger partial charge >= 0.3 is 0 Å². The third kappa shape index (κ3) is 2.75. The molecule has 0 spiro atoms. The SMILES string of the molecule is COc1ccccc1[C@@H](C)N(C)C(=O)c1ccc2[nH]cnc2n1. The summed E-state index contributed by atoms with van der Waals surface area (Å²) in [5.74, 6) is 0.601. The minimum atomic E-state index is -0.159. The molecule has 6 nitrogen and oxygen atoms in total. The van der Waals surface area contributed by atoms with Crippen LogP contribution in [0.4, 0.5) is 0 Å². The highest BCUT2D eigenvalue weighted by Gasteiger charge is 2.22. The van der Waals surface area contributed by atoms with E-state index in [0.717, 1.165) is 16.8 Å². The van der Waals surface area contributed by atoms with E-state index in [1.165, 1.54) is 0 Å². The maximum Gasteiger partial charge on any atom is 0.272 e. The number of nitrogens with zero attached hydrogens (tertiary/aromatic N) is 3.